The molecule has 2 aliphatic heterocycles. The maximum atomic E-state index is 6.18. The van der Waals surface area contributed by atoms with Crippen LogP contribution in [-0.4, -0.2) is 67.1 Å². The third kappa shape index (κ3) is 3.85. The second kappa shape index (κ2) is 8.34. The van der Waals surface area contributed by atoms with Crippen molar-refractivity contribution in [2.75, 3.05) is 39.2 Å². The average molecular weight is 430 g/mol. The molecule has 0 saturated carbocycles. The number of nitrogens with zero attached hydrogens (tertiary/aromatic N) is 3. The third-order valence-electron chi connectivity index (χ3n) is 7.36. The van der Waals surface area contributed by atoms with E-state index < -0.39 is 0 Å². The lowest BCUT2D eigenvalue weighted by Gasteiger charge is -2.48. The third-order valence-corrected chi connectivity index (χ3v) is 8.29. The number of hydrazone groups is 1. The Morgan fingerprint density at radius 2 is 1.93 bits per heavy atom. The summed E-state index contributed by atoms with van der Waals surface area (Å²) in [6.07, 6.45) is 10.7. The molecule has 1 aromatic rings. The van der Waals surface area contributed by atoms with E-state index in [4.69, 9.17) is 9.84 Å². The van der Waals surface area contributed by atoms with Gasteiger partial charge in [0.1, 0.15) is 6.23 Å². The Hall–Kier alpha value is -1.28. The molecule has 0 bridgehead atoms. The molecule has 2 N–H and O–H groups in total. The number of likely N-dealkylation sites (N-methyl/N-ethyl adjacent to an activating group) is 1. The van der Waals surface area contributed by atoms with E-state index >= 15 is 0 Å². The molecule has 0 spiro atoms. The summed E-state index contributed by atoms with van der Waals surface area (Å²) in [5, 5.41) is 10.9. The molecule has 2 aliphatic carbocycles. The molecule has 7 heteroatoms. The van der Waals surface area contributed by atoms with Gasteiger partial charge in [-0.2, -0.15) is 5.10 Å². The highest BCUT2D eigenvalue weighted by atomic mass is 32.2. The van der Waals surface area contributed by atoms with Gasteiger partial charge in [-0.15, -0.1) is 0 Å². The Labute approximate surface area is 184 Å². The zero-order valence-corrected chi connectivity index (χ0v) is 19.4. The van der Waals surface area contributed by atoms with Gasteiger partial charge in [0.15, 0.2) is 0 Å². The van der Waals surface area contributed by atoms with Crippen molar-refractivity contribution in [2.45, 2.75) is 68.9 Å². The molecule has 1 aromatic carbocycles. The molecule has 1 saturated heterocycles. The smallest absolute Gasteiger partial charge is 0.147 e. The molecular weight excluding hydrogens is 394 g/mol. The molecule has 3 unspecified atom stereocenters. The number of ether oxygens (including phenoxy) is 1. The summed E-state index contributed by atoms with van der Waals surface area (Å²) in [4.78, 5) is 2.24. The molecule has 4 aliphatic rings. The first-order valence-electron chi connectivity index (χ1n) is 11.4. The molecule has 0 radical (unpaired) electrons. The van der Waals surface area contributed by atoms with Crippen molar-refractivity contribution in [1.82, 2.24) is 14.6 Å². The van der Waals surface area contributed by atoms with Gasteiger partial charge in [-0.25, -0.2) is 4.72 Å². The Balaban J connectivity index is 1.15. The molecule has 164 valence electrons. The van der Waals surface area contributed by atoms with E-state index in [1.54, 1.807) is 34.2 Å². The van der Waals surface area contributed by atoms with Crippen LogP contribution in [0.1, 0.15) is 48.4 Å². The molecular formula is C23H35N5OS. The first kappa shape index (κ1) is 20.6. The quantitative estimate of drug-likeness (QED) is 0.412. The Kier molecular flexibility index (Phi) is 5.73. The van der Waals surface area contributed by atoms with Crippen molar-refractivity contribution in [3.05, 3.63) is 28.3 Å². The van der Waals surface area contributed by atoms with Crippen LogP contribution in [0.2, 0.25) is 0 Å². The highest BCUT2D eigenvalue weighted by Gasteiger charge is 2.40. The van der Waals surface area contributed by atoms with Crippen LogP contribution in [0.5, 0.6) is 0 Å². The minimum atomic E-state index is 0.0200. The van der Waals surface area contributed by atoms with Crippen molar-refractivity contribution in [1.29, 1.82) is 0 Å². The minimum Gasteiger partial charge on any atom is -0.371 e. The maximum absolute atomic E-state index is 6.18. The number of anilines is 1. The molecule has 0 amide bonds. The van der Waals surface area contributed by atoms with Crippen molar-refractivity contribution >= 4 is 23.8 Å². The highest BCUT2D eigenvalue weighted by Crippen LogP contribution is 2.38. The Morgan fingerprint density at radius 3 is 2.63 bits per heavy atom. The minimum absolute atomic E-state index is 0.0200. The lowest BCUT2D eigenvalue weighted by atomic mass is 9.99. The van der Waals surface area contributed by atoms with Crippen LogP contribution in [0.25, 0.3) is 0 Å². The van der Waals surface area contributed by atoms with Crippen LogP contribution >= 0.6 is 11.9 Å². The standard InChI is InChI=1S/C23H35N5OS/c1-23(27(2)3)13-28-21(29-14-23)11-18(12-25-28)30-26-15-24-22-19-8-4-6-16(19)10-17-7-5-9-20(17)22/h10,12,18,21,24,26H,4-9,11,13-15H2,1-3H3. The Bertz CT molecular complexity index is 796. The average Bonchev–Trinajstić information content (AvgIpc) is 3.39. The van der Waals surface area contributed by atoms with E-state index in [0.717, 1.165) is 26.2 Å². The van der Waals surface area contributed by atoms with Gasteiger partial charge in [0.25, 0.3) is 0 Å². The summed E-state index contributed by atoms with van der Waals surface area (Å²) in [5.41, 5.74) is 7.79. The van der Waals surface area contributed by atoms with E-state index in [2.05, 4.69) is 53.2 Å². The number of aryl methyl sites for hydroxylation is 2. The van der Waals surface area contributed by atoms with E-state index in [-0.39, 0.29) is 11.8 Å². The monoisotopic (exact) mass is 429 g/mol. The summed E-state index contributed by atoms with van der Waals surface area (Å²) in [6.45, 7) is 4.70. The van der Waals surface area contributed by atoms with E-state index in [9.17, 15) is 0 Å². The highest BCUT2D eigenvalue weighted by molar-refractivity contribution is 7.98. The topological polar surface area (TPSA) is 52.1 Å². The van der Waals surface area contributed by atoms with E-state index in [1.807, 2.05) is 0 Å². The van der Waals surface area contributed by atoms with Crippen molar-refractivity contribution in [3.63, 3.8) is 0 Å². The van der Waals surface area contributed by atoms with Crippen LogP contribution in [-0.2, 0) is 30.4 Å². The predicted molar refractivity (Wildman–Crippen MR) is 125 cm³/mol. The van der Waals surface area contributed by atoms with Crippen LogP contribution in [0.4, 0.5) is 5.69 Å². The van der Waals surface area contributed by atoms with Gasteiger partial charge >= 0.3 is 0 Å². The van der Waals surface area contributed by atoms with Gasteiger partial charge in [-0.3, -0.25) is 5.01 Å². The molecule has 6 nitrogen and oxygen atoms in total. The fourth-order valence-corrected chi connectivity index (χ4v) is 5.98. The zero-order chi connectivity index (χ0) is 20.7. The molecule has 2 heterocycles. The lowest BCUT2D eigenvalue weighted by Crippen LogP contribution is -2.61. The number of rotatable bonds is 6. The second-order valence-corrected chi connectivity index (χ2v) is 10.8. The van der Waals surface area contributed by atoms with Gasteiger partial charge < -0.3 is 15.0 Å². The molecule has 1 fully saturated rings. The number of hydrogen-bond donors (Lipinski definition) is 2. The number of hydrogen-bond acceptors (Lipinski definition) is 7. The lowest BCUT2D eigenvalue weighted by molar-refractivity contribution is -0.156. The molecule has 3 atom stereocenters. The fraction of sp³-hybridized carbons (Fsp3) is 0.696. The second-order valence-electron chi connectivity index (χ2n) is 9.64. The van der Waals surface area contributed by atoms with Gasteiger partial charge in [0, 0.05) is 18.3 Å². The normalized spacial score (nSPS) is 29.8. The number of nitrogens with one attached hydrogen (secondary N) is 2. The molecule has 0 aromatic heterocycles. The van der Waals surface area contributed by atoms with Crippen LogP contribution in [0.15, 0.2) is 11.2 Å². The van der Waals surface area contributed by atoms with E-state index in [0.29, 0.717) is 5.25 Å². The number of benzene rings is 1. The van der Waals surface area contributed by atoms with Gasteiger partial charge in [0.2, 0.25) is 0 Å². The Morgan fingerprint density at radius 1 is 1.20 bits per heavy atom. The summed E-state index contributed by atoms with van der Waals surface area (Å²) in [6, 6.07) is 2.49. The van der Waals surface area contributed by atoms with Crippen LogP contribution in [0, 0.1) is 0 Å². The maximum Gasteiger partial charge on any atom is 0.147 e. The summed E-state index contributed by atoms with van der Waals surface area (Å²) in [7, 11) is 4.23. The zero-order valence-electron chi connectivity index (χ0n) is 18.5. The van der Waals surface area contributed by atoms with Gasteiger partial charge in [-0.05, 0) is 81.8 Å². The van der Waals surface area contributed by atoms with Gasteiger partial charge in [-0.1, -0.05) is 18.0 Å². The van der Waals surface area contributed by atoms with Crippen LogP contribution in [0.3, 0.4) is 0 Å². The predicted octanol–water partition coefficient (Wildman–Crippen LogP) is 3.01. The first-order valence-corrected chi connectivity index (χ1v) is 12.3. The molecule has 5 rings (SSSR count). The summed E-state index contributed by atoms with van der Waals surface area (Å²) >= 11 is 1.77. The summed E-state index contributed by atoms with van der Waals surface area (Å²) in [5.74, 6) is 0. The largest absolute Gasteiger partial charge is 0.371 e. The van der Waals surface area contributed by atoms with E-state index in [1.165, 1.54) is 44.2 Å². The van der Waals surface area contributed by atoms with Crippen molar-refractivity contribution in [2.24, 2.45) is 5.10 Å². The van der Waals surface area contributed by atoms with Gasteiger partial charge in [0.05, 0.1) is 30.6 Å². The van der Waals surface area contributed by atoms with Crippen molar-refractivity contribution < 1.29 is 4.74 Å². The molecule has 30 heavy (non-hydrogen) atoms. The number of fused-ring (bicyclic) bond motifs is 3. The SMILES string of the molecule is CN(C)C1(C)COC2CC(SNCNc3c4c(cc5c3CCC5)CCC4)C=NN2C1. The van der Waals surface area contributed by atoms with Crippen molar-refractivity contribution in [3.8, 4) is 0 Å². The van der Waals surface area contributed by atoms with Crippen LogP contribution < -0.4 is 10.0 Å². The fourth-order valence-electron chi connectivity index (χ4n) is 5.23. The first-order chi connectivity index (χ1) is 14.5. The summed E-state index contributed by atoms with van der Waals surface area (Å²) < 4.78 is 9.73.